The third kappa shape index (κ3) is 3.44. The molecule has 0 fully saturated rings. The molecule has 0 aromatic rings. The minimum atomic E-state index is -2.76. The van der Waals surface area contributed by atoms with Gasteiger partial charge in [0.15, 0.2) is 0 Å². The van der Waals surface area contributed by atoms with Crippen molar-refractivity contribution in [1.29, 1.82) is 0 Å². The SMILES string of the molecule is C=N/C(=C\C(=O)NC)C(F)F. The maximum atomic E-state index is 11.8. The number of allylic oxidation sites excluding steroid dienone is 1. The molecule has 0 radical (unpaired) electrons. The average Bonchev–Trinajstić information content (AvgIpc) is 1.99. The Labute approximate surface area is 62.8 Å². The molecular formula is C6H8F2N2O. The lowest BCUT2D eigenvalue weighted by Crippen LogP contribution is -2.15. The molecule has 0 saturated heterocycles. The van der Waals surface area contributed by atoms with E-state index in [1.54, 1.807) is 0 Å². The van der Waals surface area contributed by atoms with Gasteiger partial charge in [-0.15, -0.1) is 0 Å². The highest BCUT2D eigenvalue weighted by atomic mass is 19.3. The Morgan fingerprint density at radius 2 is 2.27 bits per heavy atom. The predicted molar refractivity (Wildman–Crippen MR) is 37.7 cm³/mol. The zero-order valence-electron chi connectivity index (χ0n) is 5.97. The van der Waals surface area contributed by atoms with Crippen molar-refractivity contribution in [3.05, 3.63) is 11.8 Å². The second-order valence-corrected chi connectivity index (χ2v) is 1.64. The molecule has 0 aliphatic heterocycles. The Balaban J connectivity index is 4.35. The molecule has 0 atom stereocenters. The van der Waals surface area contributed by atoms with Gasteiger partial charge < -0.3 is 5.32 Å². The lowest BCUT2D eigenvalue weighted by atomic mass is 10.4. The van der Waals surface area contributed by atoms with Crippen LogP contribution in [-0.2, 0) is 4.79 Å². The monoisotopic (exact) mass is 162 g/mol. The highest BCUT2D eigenvalue weighted by Crippen LogP contribution is 2.07. The Morgan fingerprint density at radius 3 is 2.55 bits per heavy atom. The van der Waals surface area contributed by atoms with Crippen LogP contribution in [0.15, 0.2) is 16.8 Å². The van der Waals surface area contributed by atoms with Crippen LogP contribution in [0, 0.1) is 0 Å². The van der Waals surface area contributed by atoms with Gasteiger partial charge >= 0.3 is 0 Å². The Bertz CT molecular complexity index is 189. The molecule has 0 heterocycles. The first-order valence-electron chi connectivity index (χ1n) is 2.80. The Morgan fingerprint density at radius 1 is 1.73 bits per heavy atom. The summed E-state index contributed by atoms with van der Waals surface area (Å²) in [7, 11) is 1.34. The van der Waals surface area contributed by atoms with Gasteiger partial charge in [-0.2, -0.15) is 0 Å². The lowest BCUT2D eigenvalue weighted by Gasteiger charge is -1.97. The summed E-state index contributed by atoms with van der Waals surface area (Å²) in [6, 6.07) is 0. The van der Waals surface area contributed by atoms with Crippen molar-refractivity contribution < 1.29 is 13.6 Å². The van der Waals surface area contributed by atoms with E-state index in [-0.39, 0.29) is 0 Å². The van der Waals surface area contributed by atoms with Crippen molar-refractivity contribution in [2.75, 3.05) is 7.05 Å². The summed E-state index contributed by atoms with van der Waals surface area (Å²) in [5.41, 5.74) is -0.621. The van der Waals surface area contributed by atoms with Gasteiger partial charge in [0.2, 0.25) is 5.91 Å². The van der Waals surface area contributed by atoms with Gasteiger partial charge in [-0.05, 0) is 6.72 Å². The number of amides is 1. The van der Waals surface area contributed by atoms with E-state index in [1.807, 2.05) is 0 Å². The summed E-state index contributed by atoms with van der Waals surface area (Å²) < 4.78 is 23.6. The molecule has 0 aliphatic carbocycles. The smallest absolute Gasteiger partial charge is 0.280 e. The number of alkyl halides is 2. The minimum Gasteiger partial charge on any atom is -0.356 e. The summed E-state index contributed by atoms with van der Waals surface area (Å²) in [5, 5.41) is 2.15. The number of carbonyl (C=O) groups excluding carboxylic acids is 1. The van der Waals surface area contributed by atoms with Crippen LogP contribution in [-0.4, -0.2) is 26.1 Å². The van der Waals surface area contributed by atoms with Gasteiger partial charge in [0.05, 0.1) is 0 Å². The van der Waals surface area contributed by atoms with Crippen LogP contribution in [0.5, 0.6) is 0 Å². The van der Waals surface area contributed by atoms with Crippen molar-refractivity contribution in [2.45, 2.75) is 6.43 Å². The van der Waals surface area contributed by atoms with E-state index in [9.17, 15) is 13.6 Å². The minimum absolute atomic E-state index is 0.618. The van der Waals surface area contributed by atoms with Crippen LogP contribution >= 0.6 is 0 Å². The van der Waals surface area contributed by atoms with Crippen molar-refractivity contribution in [3.63, 3.8) is 0 Å². The second kappa shape index (κ2) is 4.54. The predicted octanol–water partition coefficient (Wildman–Crippen LogP) is 0.582. The number of likely N-dealkylation sites (N-methyl/N-ethyl adjacent to an activating group) is 1. The van der Waals surface area contributed by atoms with Gasteiger partial charge in [-0.25, -0.2) is 8.78 Å². The highest BCUT2D eigenvalue weighted by Gasteiger charge is 2.09. The molecule has 0 aromatic carbocycles. The molecule has 3 nitrogen and oxygen atoms in total. The number of nitrogens with one attached hydrogen (secondary N) is 1. The largest absolute Gasteiger partial charge is 0.356 e. The fourth-order valence-corrected chi connectivity index (χ4v) is 0.384. The van der Waals surface area contributed by atoms with E-state index in [1.165, 1.54) is 7.05 Å². The Hall–Kier alpha value is -1.26. The van der Waals surface area contributed by atoms with Crippen LogP contribution in [0.25, 0.3) is 0 Å². The molecule has 5 heteroatoms. The lowest BCUT2D eigenvalue weighted by molar-refractivity contribution is -0.116. The van der Waals surface area contributed by atoms with Gasteiger partial charge in [0.25, 0.3) is 6.43 Å². The maximum Gasteiger partial charge on any atom is 0.280 e. The fourth-order valence-electron chi connectivity index (χ4n) is 0.384. The number of halogens is 2. The number of rotatable bonds is 3. The van der Waals surface area contributed by atoms with Crippen LogP contribution in [0.4, 0.5) is 8.78 Å². The second-order valence-electron chi connectivity index (χ2n) is 1.64. The molecule has 0 aromatic heterocycles. The average molecular weight is 162 g/mol. The third-order valence-corrected chi connectivity index (χ3v) is 0.932. The zero-order valence-corrected chi connectivity index (χ0v) is 5.97. The molecule has 0 unspecified atom stereocenters. The molecule has 0 spiro atoms. The summed E-state index contributed by atoms with van der Waals surface area (Å²) >= 11 is 0. The van der Waals surface area contributed by atoms with Crippen LogP contribution in [0.3, 0.4) is 0 Å². The van der Waals surface area contributed by atoms with E-state index in [0.717, 1.165) is 0 Å². The van der Waals surface area contributed by atoms with Gasteiger partial charge in [0, 0.05) is 13.1 Å². The van der Waals surface area contributed by atoms with E-state index in [2.05, 4.69) is 17.0 Å². The summed E-state index contributed by atoms with van der Waals surface area (Å²) in [6.45, 7) is 2.89. The molecule has 1 N–H and O–H groups in total. The molecule has 0 bridgehead atoms. The molecule has 11 heavy (non-hydrogen) atoms. The van der Waals surface area contributed by atoms with Gasteiger partial charge in [-0.1, -0.05) is 0 Å². The van der Waals surface area contributed by atoms with Crippen LogP contribution in [0.1, 0.15) is 0 Å². The fraction of sp³-hybridized carbons (Fsp3) is 0.333. The highest BCUT2D eigenvalue weighted by molar-refractivity contribution is 5.88. The molecule has 0 saturated carbocycles. The standard InChI is InChI=1S/C6H8F2N2O/c1-9-4(6(7)8)3-5(11)10-2/h3,6H,1H2,2H3,(H,10,11)/b4-3-. The maximum absolute atomic E-state index is 11.8. The molecule has 0 aliphatic rings. The van der Waals surface area contributed by atoms with Crippen LogP contribution < -0.4 is 5.32 Å². The zero-order chi connectivity index (χ0) is 8.85. The topological polar surface area (TPSA) is 41.5 Å². The molecule has 1 amide bonds. The number of hydrogen-bond donors (Lipinski definition) is 1. The Kier molecular flexibility index (Phi) is 4.02. The number of aliphatic imine (C=N–C) groups is 1. The molecule has 62 valence electrons. The molecule has 0 rings (SSSR count). The summed E-state index contributed by atoms with van der Waals surface area (Å²) in [4.78, 5) is 13.5. The summed E-state index contributed by atoms with van der Waals surface area (Å²) in [5.74, 6) is -0.618. The van der Waals surface area contributed by atoms with Crippen molar-refractivity contribution in [1.82, 2.24) is 5.32 Å². The van der Waals surface area contributed by atoms with E-state index < -0.39 is 18.0 Å². The van der Waals surface area contributed by atoms with E-state index in [4.69, 9.17) is 0 Å². The first-order chi connectivity index (χ1) is 5.11. The normalized spacial score (nSPS) is 11.5. The summed E-state index contributed by atoms with van der Waals surface area (Å²) in [6.07, 6.45) is -2.05. The van der Waals surface area contributed by atoms with Crippen molar-refractivity contribution >= 4 is 12.6 Å². The van der Waals surface area contributed by atoms with Gasteiger partial charge in [-0.3, -0.25) is 9.79 Å². The quantitative estimate of drug-likeness (QED) is 0.478. The van der Waals surface area contributed by atoms with Crippen molar-refractivity contribution in [2.24, 2.45) is 4.99 Å². The molecular weight excluding hydrogens is 154 g/mol. The third-order valence-electron chi connectivity index (χ3n) is 0.932. The first kappa shape index (κ1) is 9.74. The van der Waals surface area contributed by atoms with Crippen molar-refractivity contribution in [3.8, 4) is 0 Å². The van der Waals surface area contributed by atoms with Gasteiger partial charge in [0.1, 0.15) is 5.70 Å². The van der Waals surface area contributed by atoms with E-state index >= 15 is 0 Å². The number of hydrogen-bond acceptors (Lipinski definition) is 2. The first-order valence-corrected chi connectivity index (χ1v) is 2.80. The number of carbonyl (C=O) groups is 1. The van der Waals surface area contributed by atoms with E-state index in [0.29, 0.717) is 6.08 Å². The van der Waals surface area contributed by atoms with Crippen LogP contribution in [0.2, 0.25) is 0 Å². The number of nitrogens with zero attached hydrogens (tertiary/aromatic N) is 1.